The van der Waals surface area contributed by atoms with Crippen LogP contribution in [0.25, 0.3) is 0 Å². The molecule has 0 aliphatic rings. The number of pyridine rings is 2. The fourth-order valence-electron chi connectivity index (χ4n) is 1.12. The Morgan fingerprint density at radius 3 is 2.88 bits per heavy atom. The van der Waals surface area contributed by atoms with E-state index in [0.29, 0.717) is 15.9 Å². The smallest absolute Gasteiger partial charge is 0.165 e. The summed E-state index contributed by atoms with van der Waals surface area (Å²) in [5.41, 5.74) is 3.61. The summed E-state index contributed by atoms with van der Waals surface area (Å²) in [5, 5.41) is 4.90. The van der Waals surface area contributed by atoms with Gasteiger partial charge in [-0.15, -0.1) is 0 Å². The fourth-order valence-corrected chi connectivity index (χ4v) is 1.54. The van der Waals surface area contributed by atoms with Crippen molar-refractivity contribution in [2.24, 2.45) is 5.10 Å². The second-order valence-electron chi connectivity index (χ2n) is 3.14. The van der Waals surface area contributed by atoms with Crippen molar-refractivity contribution >= 4 is 35.2 Å². The van der Waals surface area contributed by atoms with Crippen LogP contribution in [-0.4, -0.2) is 16.2 Å². The third-order valence-electron chi connectivity index (χ3n) is 1.88. The van der Waals surface area contributed by atoms with Gasteiger partial charge in [-0.2, -0.15) is 5.10 Å². The normalized spacial score (nSPS) is 10.7. The summed E-state index contributed by atoms with van der Waals surface area (Å²) >= 11 is 11.6. The summed E-state index contributed by atoms with van der Waals surface area (Å²) in [5.74, 6) is 0.455. The molecule has 2 heterocycles. The van der Waals surface area contributed by atoms with Crippen LogP contribution in [0, 0.1) is 0 Å². The van der Waals surface area contributed by atoms with E-state index in [-0.39, 0.29) is 0 Å². The van der Waals surface area contributed by atoms with Crippen LogP contribution >= 0.6 is 23.2 Å². The summed E-state index contributed by atoms with van der Waals surface area (Å²) in [6.45, 7) is 0. The van der Waals surface area contributed by atoms with E-state index in [2.05, 4.69) is 20.5 Å². The van der Waals surface area contributed by atoms with Crippen LogP contribution in [0.3, 0.4) is 0 Å². The molecule has 0 spiro atoms. The SMILES string of the molecule is Clc1cnc(N/N=C/c2cccnc2)c(Cl)c1. The van der Waals surface area contributed by atoms with Gasteiger partial charge in [0, 0.05) is 24.2 Å². The van der Waals surface area contributed by atoms with Crippen molar-refractivity contribution in [2.45, 2.75) is 0 Å². The molecule has 2 aromatic heterocycles. The molecule has 0 radical (unpaired) electrons. The van der Waals surface area contributed by atoms with Gasteiger partial charge in [0.25, 0.3) is 0 Å². The Kier molecular flexibility index (Phi) is 3.90. The minimum absolute atomic E-state index is 0.417. The first kappa shape index (κ1) is 11.8. The molecule has 0 saturated heterocycles. The standard InChI is InChI=1S/C11H8Cl2N4/c12-9-4-10(13)11(15-7-9)17-16-6-8-2-1-3-14-5-8/h1-7H,(H,15,17)/b16-6+. The van der Waals surface area contributed by atoms with Crippen LogP contribution in [0.5, 0.6) is 0 Å². The van der Waals surface area contributed by atoms with E-state index in [0.717, 1.165) is 5.56 Å². The number of nitrogens with zero attached hydrogens (tertiary/aromatic N) is 3. The molecule has 17 heavy (non-hydrogen) atoms. The van der Waals surface area contributed by atoms with Gasteiger partial charge in [0.2, 0.25) is 0 Å². The van der Waals surface area contributed by atoms with Crippen molar-refractivity contribution in [3.05, 3.63) is 52.4 Å². The highest BCUT2D eigenvalue weighted by molar-refractivity contribution is 6.35. The van der Waals surface area contributed by atoms with Crippen LogP contribution < -0.4 is 5.43 Å². The lowest BCUT2D eigenvalue weighted by Crippen LogP contribution is -1.94. The van der Waals surface area contributed by atoms with Crippen LogP contribution in [0.4, 0.5) is 5.82 Å². The lowest BCUT2D eigenvalue weighted by atomic mass is 10.3. The van der Waals surface area contributed by atoms with Crippen LogP contribution in [0.15, 0.2) is 41.9 Å². The largest absolute Gasteiger partial charge is 0.264 e. The van der Waals surface area contributed by atoms with Gasteiger partial charge in [-0.3, -0.25) is 10.4 Å². The predicted octanol–water partition coefficient (Wildman–Crippen LogP) is 3.23. The molecule has 0 amide bonds. The summed E-state index contributed by atoms with van der Waals surface area (Å²) < 4.78 is 0. The van der Waals surface area contributed by atoms with Crippen molar-refractivity contribution in [2.75, 3.05) is 5.43 Å². The average molecular weight is 267 g/mol. The molecular weight excluding hydrogens is 259 g/mol. The van der Waals surface area contributed by atoms with Crippen molar-refractivity contribution in [1.82, 2.24) is 9.97 Å². The number of halogens is 2. The number of nitrogens with one attached hydrogen (secondary N) is 1. The second kappa shape index (κ2) is 5.61. The van der Waals surface area contributed by atoms with E-state index in [4.69, 9.17) is 23.2 Å². The summed E-state index contributed by atoms with van der Waals surface area (Å²) in [6.07, 6.45) is 6.51. The Bertz CT molecular complexity index is 528. The van der Waals surface area contributed by atoms with Crippen molar-refractivity contribution in [3.63, 3.8) is 0 Å². The van der Waals surface area contributed by atoms with Gasteiger partial charge in [0.05, 0.1) is 16.3 Å². The molecule has 6 heteroatoms. The molecule has 0 bridgehead atoms. The lowest BCUT2D eigenvalue weighted by Gasteiger charge is -2.01. The van der Waals surface area contributed by atoms with Crippen molar-refractivity contribution in [1.29, 1.82) is 0 Å². The average Bonchev–Trinajstić information content (AvgIpc) is 2.33. The maximum atomic E-state index is 5.92. The van der Waals surface area contributed by atoms with Crippen molar-refractivity contribution < 1.29 is 0 Å². The molecule has 0 saturated carbocycles. The Labute approximate surface area is 108 Å². The number of hydrazone groups is 1. The highest BCUT2D eigenvalue weighted by Gasteiger charge is 2.00. The topological polar surface area (TPSA) is 50.2 Å². The van der Waals surface area contributed by atoms with E-state index < -0.39 is 0 Å². The van der Waals surface area contributed by atoms with Gasteiger partial charge in [0.15, 0.2) is 5.82 Å². The number of hydrogen-bond donors (Lipinski definition) is 1. The molecule has 0 atom stereocenters. The number of rotatable bonds is 3. The van der Waals surface area contributed by atoms with Gasteiger partial charge < -0.3 is 0 Å². The second-order valence-corrected chi connectivity index (χ2v) is 3.98. The first-order valence-corrected chi connectivity index (χ1v) is 5.51. The molecule has 86 valence electrons. The fraction of sp³-hybridized carbons (Fsp3) is 0. The third-order valence-corrected chi connectivity index (χ3v) is 2.37. The summed E-state index contributed by atoms with van der Waals surface area (Å²) in [7, 11) is 0. The predicted molar refractivity (Wildman–Crippen MR) is 69.7 cm³/mol. The Hall–Kier alpha value is -1.65. The first-order valence-electron chi connectivity index (χ1n) is 4.76. The molecule has 1 N–H and O–H groups in total. The number of anilines is 1. The minimum Gasteiger partial charge on any atom is -0.264 e. The Morgan fingerprint density at radius 2 is 2.18 bits per heavy atom. The van der Waals surface area contributed by atoms with Crippen LogP contribution in [-0.2, 0) is 0 Å². The maximum Gasteiger partial charge on any atom is 0.165 e. The monoisotopic (exact) mass is 266 g/mol. The van der Waals surface area contributed by atoms with Gasteiger partial charge in [0.1, 0.15) is 0 Å². The van der Waals surface area contributed by atoms with Gasteiger partial charge in [-0.25, -0.2) is 4.98 Å². The van der Waals surface area contributed by atoms with E-state index in [1.807, 2.05) is 12.1 Å². The van der Waals surface area contributed by atoms with Gasteiger partial charge in [-0.1, -0.05) is 29.3 Å². The molecule has 2 aromatic rings. The molecule has 2 rings (SSSR count). The van der Waals surface area contributed by atoms with Gasteiger partial charge >= 0.3 is 0 Å². The zero-order chi connectivity index (χ0) is 12.1. The van der Waals surface area contributed by atoms with E-state index in [9.17, 15) is 0 Å². The number of hydrogen-bond acceptors (Lipinski definition) is 4. The third kappa shape index (κ3) is 3.41. The summed E-state index contributed by atoms with van der Waals surface area (Å²) in [4.78, 5) is 7.97. The minimum atomic E-state index is 0.417. The Balaban J connectivity index is 2.05. The maximum absolute atomic E-state index is 5.92. The molecule has 0 aliphatic carbocycles. The van der Waals surface area contributed by atoms with E-state index in [1.54, 1.807) is 24.7 Å². The van der Waals surface area contributed by atoms with E-state index in [1.165, 1.54) is 6.20 Å². The zero-order valence-corrected chi connectivity index (χ0v) is 10.2. The van der Waals surface area contributed by atoms with Crippen LogP contribution in [0.1, 0.15) is 5.56 Å². The molecule has 0 aliphatic heterocycles. The highest BCUT2D eigenvalue weighted by Crippen LogP contribution is 2.22. The van der Waals surface area contributed by atoms with Gasteiger partial charge in [-0.05, 0) is 12.1 Å². The Morgan fingerprint density at radius 1 is 1.29 bits per heavy atom. The zero-order valence-electron chi connectivity index (χ0n) is 8.64. The molecule has 0 fully saturated rings. The van der Waals surface area contributed by atoms with Crippen molar-refractivity contribution in [3.8, 4) is 0 Å². The summed E-state index contributed by atoms with van der Waals surface area (Å²) in [6, 6.07) is 5.31. The number of aromatic nitrogens is 2. The van der Waals surface area contributed by atoms with Crippen LogP contribution in [0.2, 0.25) is 10.0 Å². The highest BCUT2D eigenvalue weighted by atomic mass is 35.5. The van der Waals surface area contributed by atoms with E-state index >= 15 is 0 Å². The quantitative estimate of drug-likeness (QED) is 0.686. The molecule has 4 nitrogen and oxygen atoms in total. The first-order chi connectivity index (χ1) is 8.25. The molecule has 0 aromatic carbocycles. The molecular formula is C11H8Cl2N4. The molecule has 0 unspecified atom stereocenters. The lowest BCUT2D eigenvalue weighted by molar-refractivity contribution is 1.23.